The summed E-state index contributed by atoms with van der Waals surface area (Å²) in [7, 11) is 0. The maximum Gasteiger partial charge on any atom is 0.257 e. The van der Waals surface area contributed by atoms with Gasteiger partial charge in [-0.3, -0.25) is 4.79 Å². The molecule has 1 unspecified atom stereocenters. The summed E-state index contributed by atoms with van der Waals surface area (Å²) < 4.78 is 5.63. The minimum atomic E-state index is 0.113. The molecule has 1 aliphatic rings. The Bertz CT molecular complexity index is 499. The Morgan fingerprint density at radius 2 is 2.05 bits per heavy atom. The number of rotatable bonds is 4. The van der Waals surface area contributed by atoms with Gasteiger partial charge in [0.05, 0.1) is 5.56 Å². The lowest BCUT2D eigenvalue weighted by molar-refractivity contribution is 0.0658. The van der Waals surface area contributed by atoms with Crippen LogP contribution in [-0.4, -0.2) is 36.5 Å². The van der Waals surface area contributed by atoms with Gasteiger partial charge in [0.1, 0.15) is 11.5 Å². The first kappa shape index (κ1) is 16.1. The molecule has 1 N–H and O–H groups in total. The summed E-state index contributed by atoms with van der Waals surface area (Å²) >= 11 is 0. The number of nitrogens with zero attached hydrogens (tertiary/aromatic N) is 1. The Kier molecular flexibility index (Phi) is 5.09. The maximum absolute atomic E-state index is 13.0. The van der Waals surface area contributed by atoms with Crippen LogP contribution in [0.5, 0.6) is 0 Å². The number of furan rings is 1. The Hall–Kier alpha value is -1.29. The molecule has 0 aliphatic carbocycles. The molecule has 1 saturated heterocycles. The molecule has 0 spiro atoms. The van der Waals surface area contributed by atoms with Crippen molar-refractivity contribution >= 4 is 5.91 Å². The van der Waals surface area contributed by atoms with E-state index in [2.05, 4.69) is 19.2 Å². The van der Waals surface area contributed by atoms with Crippen molar-refractivity contribution in [2.75, 3.05) is 19.6 Å². The molecule has 1 fully saturated rings. The Balaban J connectivity index is 2.19. The second kappa shape index (κ2) is 6.65. The molecule has 0 saturated carbocycles. The van der Waals surface area contributed by atoms with Crippen molar-refractivity contribution in [1.82, 2.24) is 10.2 Å². The van der Waals surface area contributed by atoms with Crippen LogP contribution in [0.15, 0.2) is 4.42 Å². The molecule has 1 aromatic rings. The van der Waals surface area contributed by atoms with E-state index < -0.39 is 0 Å². The zero-order valence-electron chi connectivity index (χ0n) is 14.0. The van der Waals surface area contributed by atoms with Crippen LogP contribution in [0.25, 0.3) is 0 Å². The van der Waals surface area contributed by atoms with E-state index in [0.717, 1.165) is 42.3 Å². The van der Waals surface area contributed by atoms with E-state index in [9.17, 15) is 4.79 Å². The Morgan fingerprint density at radius 3 is 2.52 bits per heavy atom. The van der Waals surface area contributed by atoms with Crippen LogP contribution in [0.3, 0.4) is 0 Å². The van der Waals surface area contributed by atoms with Crippen LogP contribution in [-0.2, 0) is 0 Å². The predicted octanol–water partition coefficient (Wildman–Crippen LogP) is 3.06. The summed E-state index contributed by atoms with van der Waals surface area (Å²) in [5, 5.41) is 3.43. The van der Waals surface area contributed by atoms with E-state index in [4.69, 9.17) is 4.42 Å². The van der Waals surface area contributed by atoms with Crippen LogP contribution >= 0.6 is 0 Å². The number of piperidine rings is 1. The van der Waals surface area contributed by atoms with Crippen molar-refractivity contribution in [2.45, 2.75) is 53.5 Å². The van der Waals surface area contributed by atoms with E-state index in [1.165, 1.54) is 12.8 Å². The van der Waals surface area contributed by atoms with Gasteiger partial charge in [0.25, 0.3) is 5.91 Å². The van der Waals surface area contributed by atoms with Gasteiger partial charge >= 0.3 is 0 Å². The first-order valence-corrected chi connectivity index (χ1v) is 8.00. The number of carbonyl (C=O) groups is 1. The smallest absolute Gasteiger partial charge is 0.257 e. The number of amides is 1. The first-order valence-electron chi connectivity index (χ1n) is 8.00. The lowest BCUT2D eigenvalue weighted by atomic mass is 9.97. The number of aryl methyl sites for hydroxylation is 2. The molecular weight excluding hydrogens is 264 g/mol. The van der Waals surface area contributed by atoms with E-state index in [1.54, 1.807) is 0 Å². The van der Waals surface area contributed by atoms with E-state index >= 15 is 0 Å². The summed E-state index contributed by atoms with van der Waals surface area (Å²) in [4.78, 5) is 15.0. The molecule has 0 aromatic carbocycles. The van der Waals surface area contributed by atoms with Crippen molar-refractivity contribution in [3.05, 3.63) is 22.6 Å². The monoisotopic (exact) mass is 292 g/mol. The first-order chi connectivity index (χ1) is 9.91. The molecule has 2 rings (SSSR count). The van der Waals surface area contributed by atoms with E-state index in [-0.39, 0.29) is 11.9 Å². The fraction of sp³-hybridized carbons (Fsp3) is 0.706. The average molecular weight is 292 g/mol. The summed E-state index contributed by atoms with van der Waals surface area (Å²) in [5.74, 6) is 2.25. The topological polar surface area (TPSA) is 45.5 Å². The highest BCUT2D eigenvalue weighted by atomic mass is 16.3. The molecule has 118 valence electrons. The molecule has 1 aliphatic heterocycles. The van der Waals surface area contributed by atoms with Crippen molar-refractivity contribution in [2.24, 2.45) is 5.92 Å². The van der Waals surface area contributed by atoms with Crippen molar-refractivity contribution in [3.63, 3.8) is 0 Å². The van der Waals surface area contributed by atoms with Crippen LogP contribution < -0.4 is 5.32 Å². The summed E-state index contributed by atoms with van der Waals surface area (Å²) in [6, 6.07) is 0.202. The number of carbonyl (C=O) groups excluding carboxylic acids is 1. The SMILES string of the molecule is Cc1oc(C)c(C(=O)N(CC2CCCNC2)C(C)C)c1C. The quantitative estimate of drug-likeness (QED) is 0.927. The molecule has 1 amide bonds. The van der Waals surface area contributed by atoms with Crippen LogP contribution in [0.1, 0.15) is 54.1 Å². The highest BCUT2D eigenvalue weighted by Gasteiger charge is 2.28. The highest BCUT2D eigenvalue weighted by molar-refractivity contribution is 5.97. The molecular formula is C17H28N2O2. The third-order valence-electron chi connectivity index (χ3n) is 4.51. The molecule has 2 heterocycles. The van der Waals surface area contributed by atoms with Gasteiger partial charge in [-0.1, -0.05) is 0 Å². The summed E-state index contributed by atoms with van der Waals surface area (Å²) in [5.41, 5.74) is 1.73. The third-order valence-corrected chi connectivity index (χ3v) is 4.51. The lowest BCUT2D eigenvalue weighted by Gasteiger charge is -2.33. The third kappa shape index (κ3) is 3.49. The van der Waals surface area contributed by atoms with Crippen LogP contribution in [0.2, 0.25) is 0 Å². The fourth-order valence-electron chi connectivity index (χ4n) is 3.14. The number of nitrogens with one attached hydrogen (secondary N) is 1. The van der Waals surface area contributed by atoms with Gasteiger partial charge in [-0.2, -0.15) is 0 Å². The van der Waals surface area contributed by atoms with Gasteiger partial charge in [-0.15, -0.1) is 0 Å². The van der Waals surface area contributed by atoms with Gasteiger partial charge in [0, 0.05) is 18.2 Å². The zero-order valence-corrected chi connectivity index (χ0v) is 14.0. The zero-order chi connectivity index (χ0) is 15.6. The van der Waals surface area contributed by atoms with Crippen molar-refractivity contribution in [3.8, 4) is 0 Å². The van der Waals surface area contributed by atoms with Gasteiger partial charge in [-0.25, -0.2) is 0 Å². The molecule has 1 atom stereocenters. The summed E-state index contributed by atoms with van der Waals surface area (Å²) in [6.07, 6.45) is 2.40. The molecule has 0 radical (unpaired) electrons. The predicted molar refractivity (Wildman–Crippen MR) is 84.7 cm³/mol. The molecule has 0 bridgehead atoms. The van der Waals surface area contributed by atoms with E-state index in [0.29, 0.717) is 5.92 Å². The Morgan fingerprint density at radius 1 is 1.33 bits per heavy atom. The van der Waals surface area contributed by atoms with Gasteiger partial charge in [0.15, 0.2) is 0 Å². The molecule has 21 heavy (non-hydrogen) atoms. The Labute approximate surface area is 127 Å². The van der Waals surface area contributed by atoms with Crippen molar-refractivity contribution < 1.29 is 9.21 Å². The second-order valence-corrected chi connectivity index (χ2v) is 6.48. The van der Waals surface area contributed by atoms with Crippen LogP contribution in [0.4, 0.5) is 0 Å². The van der Waals surface area contributed by atoms with E-state index in [1.807, 2.05) is 25.7 Å². The maximum atomic E-state index is 13.0. The highest BCUT2D eigenvalue weighted by Crippen LogP contribution is 2.24. The normalized spacial score (nSPS) is 19.0. The lowest BCUT2D eigenvalue weighted by Crippen LogP contribution is -2.44. The average Bonchev–Trinajstić information content (AvgIpc) is 2.70. The van der Waals surface area contributed by atoms with Gasteiger partial charge in [0.2, 0.25) is 0 Å². The second-order valence-electron chi connectivity index (χ2n) is 6.48. The van der Waals surface area contributed by atoms with Gasteiger partial charge < -0.3 is 14.6 Å². The number of hydrogen-bond acceptors (Lipinski definition) is 3. The van der Waals surface area contributed by atoms with Crippen LogP contribution in [0, 0.1) is 26.7 Å². The fourth-order valence-corrected chi connectivity index (χ4v) is 3.14. The molecule has 4 heteroatoms. The van der Waals surface area contributed by atoms with Gasteiger partial charge in [-0.05, 0) is 66.5 Å². The minimum Gasteiger partial charge on any atom is -0.466 e. The minimum absolute atomic E-state index is 0.113. The standard InChI is InChI=1S/C17H28N2O2/c1-11(2)19(10-15-7-6-8-18-9-15)17(20)16-12(3)13(4)21-14(16)5/h11,15,18H,6-10H2,1-5H3. The molecule has 4 nitrogen and oxygen atoms in total. The summed E-state index contributed by atoms with van der Waals surface area (Å²) in [6.45, 7) is 12.9. The largest absolute Gasteiger partial charge is 0.466 e. The number of hydrogen-bond donors (Lipinski definition) is 1. The molecule has 1 aromatic heterocycles. The van der Waals surface area contributed by atoms with Crippen molar-refractivity contribution in [1.29, 1.82) is 0 Å².